The molecule has 0 aromatic carbocycles. The van der Waals surface area contributed by atoms with Crippen molar-refractivity contribution >= 4 is 11.8 Å². The normalized spacial score (nSPS) is 15.1. The lowest BCUT2D eigenvalue weighted by Crippen LogP contribution is -2.44. The lowest BCUT2D eigenvalue weighted by atomic mass is 9.96. The molecule has 0 aliphatic rings. The lowest BCUT2D eigenvalue weighted by molar-refractivity contribution is 0.372. The Bertz CT molecular complexity index is 220. The molecular weight excluding hydrogens is 216 g/mol. The Hall–Kier alpha value is -0.200. The van der Waals surface area contributed by atoms with Gasteiger partial charge in [-0.1, -0.05) is 13.8 Å². The highest BCUT2D eigenvalue weighted by atomic mass is 32.2. The van der Waals surface area contributed by atoms with Crippen LogP contribution >= 0.6 is 11.8 Å². The summed E-state index contributed by atoms with van der Waals surface area (Å²) in [5, 5.41) is 13.2. The zero-order valence-electron chi connectivity index (χ0n) is 11.3. The van der Waals surface area contributed by atoms with Gasteiger partial charge in [-0.05, 0) is 51.0 Å². The van der Waals surface area contributed by atoms with Crippen LogP contribution in [0.15, 0.2) is 0 Å². The molecule has 0 rings (SSSR count). The van der Waals surface area contributed by atoms with Crippen LogP contribution < -0.4 is 5.32 Å². The summed E-state index contributed by atoms with van der Waals surface area (Å²) in [6.07, 6.45) is 3.28. The van der Waals surface area contributed by atoms with Gasteiger partial charge < -0.3 is 0 Å². The van der Waals surface area contributed by atoms with Crippen molar-refractivity contribution in [3.63, 3.8) is 0 Å². The van der Waals surface area contributed by atoms with E-state index in [4.69, 9.17) is 5.26 Å². The topological polar surface area (TPSA) is 35.8 Å². The van der Waals surface area contributed by atoms with Crippen LogP contribution in [0.25, 0.3) is 0 Å². The number of thioether (sulfide) groups is 1. The van der Waals surface area contributed by atoms with Gasteiger partial charge in [-0.2, -0.15) is 17.0 Å². The maximum atomic E-state index is 9.16. The van der Waals surface area contributed by atoms with Gasteiger partial charge in [0.1, 0.15) is 5.54 Å². The molecule has 16 heavy (non-hydrogen) atoms. The zero-order valence-corrected chi connectivity index (χ0v) is 12.2. The molecule has 3 heteroatoms. The maximum absolute atomic E-state index is 9.16. The number of rotatable bonds is 8. The van der Waals surface area contributed by atoms with Crippen LogP contribution in [0.5, 0.6) is 0 Å². The highest BCUT2D eigenvalue weighted by Crippen LogP contribution is 2.17. The molecule has 0 aliphatic carbocycles. The molecule has 0 bridgehead atoms. The summed E-state index contributed by atoms with van der Waals surface area (Å²) >= 11 is 2.00. The Kier molecular flexibility index (Phi) is 7.87. The smallest absolute Gasteiger partial charge is 0.104 e. The van der Waals surface area contributed by atoms with E-state index in [0.29, 0.717) is 6.04 Å². The van der Waals surface area contributed by atoms with E-state index in [9.17, 15) is 0 Å². The first kappa shape index (κ1) is 15.8. The summed E-state index contributed by atoms with van der Waals surface area (Å²) < 4.78 is 0. The van der Waals surface area contributed by atoms with Crippen LogP contribution in [0.2, 0.25) is 0 Å². The molecule has 1 unspecified atom stereocenters. The Morgan fingerprint density at radius 3 is 2.31 bits per heavy atom. The zero-order chi connectivity index (χ0) is 12.6. The van der Waals surface area contributed by atoms with Crippen molar-refractivity contribution < 1.29 is 0 Å². The number of hydrogen-bond donors (Lipinski definition) is 1. The molecule has 0 heterocycles. The molecule has 0 fully saturated rings. The number of nitriles is 1. The molecule has 0 saturated carbocycles. The minimum absolute atomic E-state index is 0.351. The molecule has 94 valence electrons. The van der Waals surface area contributed by atoms with E-state index >= 15 is 0 Å². The van der Waals surface area contributed by atoms with Gasteiger partial charge in [0.25, 0.3) is 0 Å². The largest absolute Gasteiger partial charge is 0.297 e. The highest BCUT2D eigenvalue weighted by Gasteiger charge is 2.23. The SMILES string of the molecule is CC(C)NC(C)(C#N)CCCCSC(C)C. The van der Waals surface area contributed by atoms with Gasteiger partial charge in [-0.3, -0.25) is 5.32 Å². The first-order valence-corrected chi connectivity index (χ1v) is 7.25. The Balaban J connectivity index is 3.75. The van der Waals surface area contributed by atoms with Crippen molar-refractivity contribution in [2.75, 3.05) is 5.75 Å². The quantitative estimate of drug-likeness (QED) is 0.661. The van der Waals surface area contributed by atoms with E-state index in [1.807, 2.05) is 18.7 Å². The van der Waals surface area contributed by atoms with E-state index in [-0.39, 0.29) is 5.54 Å². The molecule has 0 saturated heterocycles. The van der Waals surface area contributed by atoms with Gasteiger partial charge in [-0.15, -0.1) is 0 Å². The average molecular weight is 242 g/mol. The second kappa shape index (κ2) is 7.97. The second-order valence-corrected chi connectivity index (χ2v) is 6.80. The van der Waals surface area contributed by atoms with E-state index < -0.39 is 0 Å². The minimum Gasteiger partial charge on any atom is -0.297 e. The highest BCUT2D eigenvalue weighted by molar-refractivity contribution is 7.99. The summed E-state index contributed by atoms with van der Waals surface area (Å²) in [5.41, 5.74) is -0.351. The molecule has 1 N–H and O–H groups in total. The fraction of sp³-hybridized carbons (Fsp3) is 0.923. The first-order chi connectivity index (χ1) is 7.39. The van der Waals surface area contributed by atoms with Crippen LogP contribution in [0.4, 0.5) is 0 Å². The van der Waals surface area contributed by atoms with Crippen LogP contribution in [-0.2, 0) is 0 Å². The first-order valence-electron chi connectivity index (χ1n) is 6.20. The molecule has 0 spiro atoms. The molecule has 0 amide bonds. The summed E-state index contributed by atoms with van der Waals surface area (Å²) in [6.45, 7) is 10.6. The van der Waals surface area contributed by atoms with E-state index in [2.05, 4.69) is 39.1 Å². The van der Waals surface area contributed by atoms with Gasteiger partial charge in [0.2, 0.25) is 0 Å². The van der Waals surface area contributed by atoms with Crippen molar-refractivity contribution in [2.24, 2.45) is 0 Å². The van der Waals surface area contributed by atoms with Crippen molar-refractivity contribution in [2.45, 2.75) is 70.7 Å². The molecular formula is C13H26N2S. The van der Waals surface area contributed by atoms with Gasteiger partial charge in [0.15, 0.2) is 0 Å². The van der Waals surface area contributed by atoms with E-state index in [1.54, 1.807) is 0 Å². The molecule has 0 radical (unpaired) electrons. The monoisotopic (exact) mass is 242 g/mol. The van der Waals surface area contributed by atoms with Crippen LogP contribution in [-0.4, -0.2) is 22.6 Å². The summed E-state index contributed by atoms with van der Waals surface area (Å²) in [4.78, 5) is 0. The van der Waals surface area contributed by atoms with Crippen molar-refractivity contribution in [3.8, 4) is 6.07 Å². The van der Waals surface area contributed by atoms with Crippen molar-refractivity contribution in [3.05, 3.63) is 0 Å². The van der Waals surface area contributed by atoms with Gasteiger partial charge in [0.05, 0.1) is 6.07 Å². The predicted molar refractivity (Wildman–Crippen MR) is 73.7 cm³/mol. The Labute approximate surface area is 105 Å². The summed E-state index contributed by atoms with van der Waals surface area (Å²) in [6, 6.07) is 2.76. The summed E-state index contributed by atoms with van der Waals surface area (Å²) in [7, 11) is 0. The molecule has 0 aliphatic heterocycles. The van der Waals surface area contributed by atoms with E-state index in [1.165, 1.54) is 12.2 Å². The van der Waals surface area contributed by atoms with Crippen LogP contribution in [0.1, 0.15) is 53.9 Å². The predicted octanol–water partition coefficient (Wildman–Crippen LogP) is 3.58. The van der Waals surface area contributed by atoms with Gasteiger partial charge in [0, 0.05) is 6.04 Å². The average Bonchev–Trinajstić information content (AvgIpc) is 2.15. The van der Waals surface area contributed by atoms with Crippen LogP contribution in [0, 0.1) is 11.3 Å². The third-order valence-electron chi connectivity index (χ3n) is 2.38. The van der Waals surface area contributed by atoms with E-state index in [0.717, 1.165) is 18.1 Å². The third kappa shape index (κ3) is 8.01. The fourth-order valence-corrected chi connectivity index (χ4v) is 2.54. The maximum Gasteiger partial charge on any atom is 0.104 e. The summed E-state index contributed by atoms with van der Waals surface area (Å²) in [5.74, 6) is 1.21. The number of unbranched alkanes of at least 4 members (excludes halogenated alkanes) is 1. The van der Waals surface area contributed by atoms with Crippen LogP contribution in [0.3, 0.4) is 0 Å². The number of hydrogen-bond acceptors (Lipinski definition) is 3. The lowest BCUT2D eigenvalue weighted by Gasteiger charge is -2.25. The molecule has 0 aromatic rings. The minimum atomic E-state index is -0.351. The van der Waals surface area contributed by atoms with Crippen molar-refractivity contribution in [1.82, 2.24) is 5.32 Å². The van der Waals surface area contributed by atoms with Crippen molar-refractivity contribution in [1.29, 1.82) is 5.26 Å². The number of nitrogens with one attached hydrogen (secondary N) is 1. The van der Waals surface area contributed by atoms with Gasteiger partial charge in [-0.25, -0.2) is 0 Å². The second-order valence-electron chi connectivity index (χ2n) is 5.12. The van der Waals surface area contributed by atoms with Gasteiger partial charge >= 0.3 is 0 Å². The number of nitrogens with zero attached hydrogens (tertiary/aromatic N) is 1. The Morgan fingerprint density at radius 2 is 1.88 bits per heavy atom. The molecule has 2 nitrogen and oxygen atoms in total. The molecule has 1 atom stereocenters. The Morgan fingerprint density at radius 1 is 1.25 bits per heavy atom. The fourth-order valence-electron chi connectivity index (χ4n) is 1.70. The molecule has 0 aromatic heterocycles. The standard InChI is InChI=1S/C13H26N2S/c1-11(2)15-13(5,10-14)8-6-7-9-16-12(3)4/h11-12,15H,6-9H2,1-5H3. The third-order valence-corrected chi connectivity index (χ3v) is 3.57.